The lowest BCUT2D eigenvalue weighted by Crippen LogP contribution is -2.32. The molecule has 2 nitrogen and oxygen atoms in total. The Kier molecular flexibility index (Phi) is 2.63. The molecule has 0 spiro atoms. The number of halogens is 3. The highest BCUT2D eigenvalue weighted by molar-refractivity contribution is 5.79. The molecule has 0 aromatic carbocycles. The average molecular weight is 194 g/mol. The van der Waals surface area contributed by atoms with Gasteiger partial charge in [-0.25, -0.2) is 9.18 Å². The first kappa shape index (κ1) is 10.1. The average Bonchev–Trinajstić information content (AvgIpc) is 2.04. The van der Waals surface area contributed by atoms with Crippen molar-refractivity contribution in [1.29, 1.82) is 0 Å². The third-order valence-electron chi connectivity index (χ3n) is 2.02. The van der Waals surface area contributed by atoms with Gasteiger partial charge in [-0.2, -0.15) is 8.78 Å². The van der Waals surface area contributed by atoms with Crippen LogP contribution in [-0.2, 0) is 4.79 Å². The fourth-order valence-electron chi connectivity index (χ4n) is 1.22. The minimum atomic E-state index is -3.83. The molecule has 0 aromatic rings. The Morgan fingerprint density at radius 2 is 2.23 bits per heavy atom. The van der Waals surface area contributed by atoms with Crippen molar-refractivity contribution in [1.82, 2.24) is 0 Å². The summed E-state index contributed by atoms with van der Waals surface area (Å²) < 4.78 is 38.0. The van der Waals surface area contributed by atoms with Gasteiger partial charge in [0.2, 0.25) is 0 Å². The third kappa shape index (κ3) is 2.02. The van der Waals surface area contributed by atoms with Gasteiger partial charge in [-0.15, -0.1) is 0 Å². The fourth-order valence-corrected chi connectivity index (χ4v) is 1.22. The second kappa shape index (κ2) is 3.40. The molecule has 0 fully saturated rings. The van der Waals surface area contributed by atoms with Crippen molar-refractivity contribution >= 4 is 5.97 Å². The van der Waals surface area contributed by atoms with E-state index in [1.807, 2.05) is 0 Å². The van der Waals surface area contributed by atoms with E-state index in [1.54, 1.807) is 0 Å². The first-order valence-corrected chi connectivity index (χ1v) is 3.89. The van der Waals surface area contributed by atoms with Crippen LogP contribution >= 0.6 is 0 Å². The summed E-state index contributed by atoms with van der Waals surface area (Å²) in [5.74, 6) is -6.00. The summed E-state index contributed by atoms with van der Waals surface area (Å²) in [6.45, 7) is 0. The molecule has 1 unspecified atom stereocenters. The molecule has 0 amide bonds. The molecule has 74 valence electrons. The summed E-state index contributed by atoms with van der Waals surface area (Å²) in [4.78, 5) is 10.1. The Morgan fingerprint density at radius 1 is 1.62 bits per heavy atom. The number of alkyl halides is 3. The number of allylic oxidation sites excluding steroid dienone is 1. The second-order valence-electron chi connectivity index (χ2n) is 2.98. The van der Waals surface area contributed by atoms with E-state index in [0.29, 0.717) is 0 Å². The topological polar surface area (TPSA) is 37.3 Å². The Bertz CT molecular complexity index is 248. The van der Waals surface area contributed by atoms with Crippen LogP contribution < -0.4 is 0 Å². The molecule has 0 saturated carbocycles. The van der Waals surface area contributed by atoms with Crippen LogP contribution in [0.5, 0.6) is 0 Å². The zero-order valence-electron chi connectivity index (χ0n) is 6.77. The summed E-state index contributed by atoms with van der Waals surface area (Å²) >= 11 is 0. The lowest BCUT2D eigenvalue weighted by Gasteiger charge is -2.20. The Hall–Kier alpha value is -1.00. The zero-order chi connectivity index (χ0) is 10.1. The zero-order valence-corrected chi connectivity index (χ0v) is 6.77. The summed E-state index contributed by atoms with van der Waals surface area (Å²) in [6, 6.07) is 0. The Morgan fingerprint density at radius 3 is 2.62 bits per heavy atom. The molecule has 1 atom stereocenters. The molecule has 0 bridgehead atoms. The van der Waals surface area contributed by atoms with Gasteiger partial charge in [0.1, 0.15) is 6.17 Å². The van der Waals surface area contributed by atoms with Crippen LogP contribution in [0.4, 0.5) is 13.2 Å². The molecular formula is C8H9F3O2. The molecule has 0 heterocycles. The molecule has 1 N–H and O–H groups in total. The quantitative estimate of drug-likeness (QED) is 0.684. The van der Waals surface area contributed by atoms with Crippen molar-refractivity contribution < 1.29 is 23.1 Å². The first-order valence-electron chi connectivity index (χ1n) is 3.89. The molecular weight excluding hydrogens is 185 g/mol. The Balaban J connectivity index is 2.78. The molecule has 0 saturated heterocycles. The number of carboxylic acid groups (broad SMARTS) is 1. The van der Waals surface area contributed by atoms with Gasteiger partial charge in [0.15, 0.2) is 0 Å². The molecule has 13 heavy (non-hydrogen) atoms. The van der Waals surface area contributed by atoms with Crippen LogP contribution in [-0.4, -0.2) is 23.2 Å². The summed E-state index contributed by atoms with van der Waals surface area (Å²) in [7, 11) is 0. The van der Waals surface area contributed by atoms with Crippen molar-refractivity contribution in [3.63, 3.8) is 0 Å². The highest BCUT2D eigenvalue weighted by Gasteiger charge is 2.43. The standard InChI is InChI=1S/C8H9F3O2/c9-6-3-1-5(2-4-6)8(10,11)7(12)13/h1,6H,2-4H2,(H,12,13). The van der Waals surface area contributed by atoms with Gasteiger partial charge in [0, 0.05) is 5.57 Å². The minimum absolute atomic E-state index is 0.0191. The highest BCUT2D eigenvalue weighted by atomic mass is 19.3. The lowest BCUT2D eigenvalue weighted by atomic mass is 9.94. The van der Waals surface area contributed by atoms with Gasteiger partial charge in [-0.1, -0.05) is 6.08 Å². The monoisotopic (exact) mass is 194 g/mol. The summed E-state index contributed by atoms with van der Waals surface area (Å²) in [5, 5.41) is 8.17. The van der Waals surface area contributed by atoms with E-state index in [1.165, 1.54) is 0 Å². The molecule has 0 aromatic heterocycles. The third-order valence-corrected chi connectivity index (χ3v) is 2.02. The van der Waals surface area contributed by atoms with Crippen LogP contribution in [0.15, 0.2) is 11.6 Å². The SMILES string of the molecule is O=C(O)C(F)(F)C1=CCC(F)CC1. The van der Waals surface area contributed by atoms with Crippen LogP contribution in [0.2, 0.25) is 0 Å². The maximum absolute atomic E-state index is 12.8. The largest absolute Gasteiger partial charge is 0.477 e. The summed E-state index contributed by atoms with van der Waals surface area (Å²) in [5.41, 5.74) is -0.478. The molecule has 1 aliphatic carbocycles. The van der Waals surface area contributed by atoms with Gasteiger partial charge >= 0.3 is 11.9 Å². The van der Waals surface area contributed by atoms with Crippen LogP contribution in [0.1, 0.15) is 19.3 Å². The van der Waals surface area contributed by atoms with E-state index < -0.39 is 23.6 Å². The van der Waals surface area contributed by atoms with Crippen LogP contribution in [0.25, 0.3) is 0 Å². The van der Waals surface area contributed by atoms with E-state index in [2.05, 4.69) is 0 Å². The minimum Gasteiger partial charge on any atom is -0.477 e. The van der Waals surface area contributed by atoms with Gasteiger partial charge in [0.05, 0.1) is 0 Å². The van der Waals surface area contributed by atoms with Crippen molar-refractivity contribution in [2.24, 2.45) is 0 Å². The smallest absolute Gasteiger partial charge is 0.379 e. The number of hydrogen-bond acceptors (Lipinski definition) is 1. The molecule has 5 heteroatoms. The molecule has 0 aliphatic heterocycles. The predicted octanol–water partition coefficient (Wildman–Crippen LogP) is 2.15. The van der Waals surface area contributed by atoms with Gasteiger partial charge in [-0.3, -0.25) is 0 Å². The Labute approximate surface area is 73.1 Å². The molecule has 0 radical (unpaired) electrons. The van der Waals surface area contributed by atoms with Gasteiger partial charge in [0.25, 0.3) is 0 Å². The van der Waals surface area contributed by atoms with E-state index >= 15 is 0 Å². The maximum Gasteiger partial charge on any atom is 0.379 e. The number of carbonyl (C=O) groups is 1. The number of hydrogen-bond donors (Lipinski definition) is 1. The van der Waals surface area contributed by atoms with Gasteiger partial charge < -0.3 is 5.11 Å². The normalized spacial score (nSPS) is 23.9. The van der Waals surface area contributed by atoms with Crippen molar-refractivity contribution in [2.45, 2.75) is 31.4 Å². The van der Waals surface area contributed by atoms with Gasteiger partial charge in [-0.05, 0) is 19.3 Å². The fraction of sp³-hybridized carbons (Fsp3) is 0.625. The van der Waals surface area contributed by atoms with Crippen molar-refractivity contribution in [3.05, 3.63) is 11.6 Å². The molecule has 1 aliphatic rings. The van der Waals surface area contributed by atoms with E-state index in [9.17, 15) is 18.0 Å². The lowest BCUT2D eigenvalue weighted by molar-refractivity contribution is -0.159. The second-order valence-corrected chi connectivity index (χ2v) is 2.98. The highest BCUT2D eigenvalue weighted by Crippen LogP contribution is 2.33. The van der Waals surface area contributed by atoms with Crippen LogP contribution in [0.3, 0.4) is 0 Å². The number of aliphatic carboxylic acids is 1. The van der Waals surface area contributed by atoms with Crippen LogP contribution in [0, 0.1) is 0 Å². The maximum atomic E-state index is 12.8. The van der Waals surface area contributed by atoms with Crippen molar-refractivity contribution in [3.8, 4) is 0 Å². The number of rotatable bonds is 2. The predicted molar refractivity (Wildman–Crippen MR) is 39.4 cm³/mol. The van der Waals surface area contributed by atoms with E-state index in [4.69, 9.17) is 5.11 Å². The van der Waals surface area contributed by atoms with E-state index in [0.717, 1.165) is 6.08 Å². The summed E-state index contributed by atoms with van der Waals surface area (Å²) in [6.07, 6.45) is -0.441. The molecule has 1 rings (SSSR count). The van der Waals surface area contributed by atoms with E-state index in [-0.39, 0.29) is 19.3 Å². The van der Waals surface area contributed by atoms with Crippen molar-refractivity contribution in [2.75, 3.05) is 0 Å². The first-order chi connectivity index (χ1) is 5.94. The number of carboxylic acids is 1.